The van der Waals surface area contributed by atoms with E-state index in [4.69, 9.17) is 12.2 Å². The first-order valence-electron chi connectivity index (χ1n) is 5.38. The SMILES string of the molecule is C#CCN(CCC)C(=O)c1cc(Br)ccc1N. The summed E-state index contributed by atoms with van der Waals surface area (Å²) >= 11 is 3.33. The monoisotopic (exact) mass is 294 g/mol. The standard InChI is InChI=1S/C13H15BrN2O/c1-3-7-16(8-4-2)13(17)11-9-10(14)5-6-12(11)15/h1,5-6,9H,4,7-8,15H2,2H3. The molecule has 0 aliphatic heterocycles. The summed E-state index contributed by atoms with van der Waals surface area (Å²) in [6, 6.07) is 5.23. The van der Waals surface area contributed by atoms with E-state index in [0.717, 1.165) is 10.9 Å². The molecule has 0 fully saturated rings. The molecule has 3 nitrogen and oxygen atoms in total. The van der Waals surface area contributed by atoms with Crippen LogP contribution in [-0.4, -0.2) is 23.9 Å². The summed E-state index contributed by atoms with van der Waals surface area (Å²) in [5.74, 6) is 2.37. The molecule has 0 aromatic heterocycles. The molecule has 17 heavy (non-hydrogen) atoms. The van der Waals surface area contributed by atoms with Crippen LogP contribution in [0.5, 0.6) is 0 Å². The number of amides is 1. The third-order valence-corrected chi connectivity index (χ3v) is 2.80. The maximum Gasteiger partial charge on any atom is 0.256 e. The largest absolute Gasteiger partial charge is 0.398 e. The molecule has 1 rings (SSSR count). The highest BCUT2D eigenvalue weighted by Gasteiger charge is 2.16. The molecule has 0 heterocycles. The Labute approximate surface area is 110 Å². The van der Waals surface area contributed by atoms with E-state index in [2.05, 4.69) is 21.9 Å². The molecule has 0 aliphatic carbocycles. The highest BCUT2D eigenvalue weighted by atomic mass is 79.9. The number of terminal acetylenes is 1. The molecule has 1 aromatic carbocycles. The molecule has 1 amide bonds. The molecule has 0 bridgehead atoms. The van der Waals surface area contributed by atoms with Gasteiger partial charge in [0.2, 0.25) is 0 Å². The van der Waals surface area contributed by atoms with Gasteiger partial charge >= 0.3 is 0 Å². The number of carbonyl (C=O) groups excluding carboxylic acids is 1. The van der Waals surface area contributed by atoms with Crippen molar-refractivity contribution in [2.75, 3.05) is 18.8 Å². The first-order valence-corrected chi connectivity index (χ1v) is 6.17. The number of carbonyl (C=O) groups is 1. The number of hydrogen-bond acceptors (Lipinski definition) is 2. The third kappa shape index (κ3) is 3.50. The molecule has 0 atom stereocenters. The smallest absolute Gasteiger partial charge is 0.256 e. The Balaban J connectivity index is 3.00. The summed E-state index contributed by atoms with van der Waals surface area (Å²) in [6.45, 7) is 2.94. The van der Waals surface area contributed by atoms with Gasteiger partial charge in [-0.1, -0.05) is 28.8 Å². The fourth-order valence-electron chi connectivity index (χ4n) is 1.52. The van der Waals surface area contributed by atoms with E-state index in [0.29, 0.717) is 24.3 Å². The van der Waals surface area contributed by atoms with Gasteiger partial charge in [-0.25, -0.2) is 0 Å². The molecule has 2 N–H and O–H groups in total. The Kier molecular flexibility index (Phi) is 5.05. The minimum absolute atomic E-state index is 0.122. The average molecular weight is 295 g/mol. The lowest BCUT2D eigenvalue weighted by Gasteiger charge is -2.20. The third-order valence-electron chi connectivity index (χ3n) is 2.31. The Morgan fingerprint density at radius 3 is 2.88 bits per heavy atom. The fourth-order valence-corrected chi connectivity index (χ4v) is 1.88. The molecule has 1 aromatic rings. The second-order valence-electron chi connectivity index (χ2n) is 3.66. The topological polar surface area (TPSA) is 46.3 Å². The summed E-state index contributed by atoms with van der Waals surface area (Å²) in [7, 11) is 0. The predicted octanol–water partition coefficient (Wildman–Crippen LogP) is 2.52. The Hall–Kier alpha value is -1.47. The zero-order valence-corrected chi connectivity index (χ0v) is 11.3. The molecule has 0 aliphatic rings. The van der Waals surface area contributed by atoms with Gasteiger partial charge in [-0.3, -0.25) is 4.79 Å². The van der Waals surface area contributed by atoms with Crippen molar-refractivity contribution in [3.05, 3.63) is 28.2 Å². The highest BCUT2D eigenvalue weighted by molar-refractivity contribution is 9.10. The van der Waals surface area contributed by atoms with E-state index < -0.39 is 0 Å². The van der Waals surface area contributed by atoms with Crippen molar-refractivity contribution in [1.29, 1.82) is 0 Å². The van der Waals surface area contributed by atoms with Gasteiger partial charge < -0.3 is 10.6 Å². The van der Waals surface area contributed by atoms with Crippen LogP contribution in [0.1, 0.15) is 23.7 Å². The first-order chi connectivity index (χ1) is 8.10. The number of benzene rings is 1. The van der Waals surface area contributed by atoms with E-state index in [1.54, 1.807) is 23.1 Å². The van der Waals surface area contributed by atoms with Gasteiger partial charge in [0.05, 0.1) is 12.1 Å². The van der Waals surface area contributed by atoms with Gasteiger partial charge in [0.25, 0.3) is 5.91 Å². The Morgan fingerprint density at radius 1 is 1.59 bits per heavy atom. The van der Waals surface area contributed by atoms with Crippen molar-refractivity contribution in [3.8, 4) is 12.3 Å². The van der Waals surface area contributed by atoms with Crippen LogP contribution in [0.3, 0.4) is 0 Å². The second kappa shape index (κ2) is 6.31. The van der Waals surface area contributed by atoms with Crippen LogP contribution < -0.4 is 5.73 Å². The Bertz CT molecular complexity index is 451. The molecule has 0 saturated carbocycles. The second-order valence-corrected chi connectivity index (χ2v) is 4.58. The number of nitrogens with zero attached hydrogens (tertiary/aromatic N) is 1. The van der Waals surface area contributed by atoms with Crippen LogP contribution in [0.15, 0.2) is 22.7 Å². The molecule has 90 valence electrons. The summed E-state index contributed by atoms with van der Waals surface area (Å²) in [5, 5.41) is 0. The fraction of sp³-hybridized carbons (Fsp3) is 0.308. The molecular weight excluding hydrogens is 280 g/mol. The molecule has 0 saturated heterocycles. The van der Waals surface area contributed by atoms with Gasteiger partial charge in [0.15, 0.2) is 0 Å². The maximum atomic E-state index is 12.2. The minimum Gasteiger partial charge on any atom is -0.398 e. The lowest BCUT2D eigenvalue weighted by Crippen LogP contribution is -2.32. The summed E-state index contributed by atoms with van der Waals surface area (Å²) in [4.78, 5) is 13.9. The van der Waals surface area contributed by atoms with Crippen molar-refractivity contribution in [3.63, 3.8) is 0 Å². The van der Waals surface area contributed by atoms with E-state index >= 15 is 0 Å². The van der Waals surface area contributed by atoms with Crippen molar-refractivity contribution in [1.82, 2.24) is 4.90 Å². The van der Waals surface area contributed by atoms with Crippen LogP contribution in [0.4, 0.5) is 5.69 Å². The van der Waals surface area contributed by atoms with Crippen LogP contribution in [0.2, 0.25) is 0 Å². The number of halogens is 1. The average Bonchev–Trinajstić information content (AvgIpc) is 2.31. The minimum atomic E-state index is -0.122. The van der Waals surface area contributed by atoms with Crippen molar-refractivity contribution >= 4 is 27.5 Å². The van der Waals surface area contributed by atoms with Crippen LogP contribution >= 0.6 is 15.9 Å². The van der Waals surface area contributed by atoms with Gasteiger partial charge in [-0.05, 0) is 24.6 Å². The maximum absolute atomic E-state index is 12.2. The van der Waals surface area contributed by atoms with Crippen LogP contribution in [0.25, 0.3) is 0 Å². The lowest BCUT2D eigenvalue weighted by atomic mass is 10.1. The van der Waals surface area contributed by atoms with Crippen molar-refractivity contribution < 1.29 is 4.79 Å². The quantitative estimate of drug-likeness (QED) is 0.685. The number of nitrogens with two attached hydrogens (primary N) is 1. The zero-order chi connectivity index (χ0) is 12.8. The van der Waals surface area contributed by atoms with Crippen LogP contribution in [-0.2, 0) is 0 Å². The van der Waals surface area contributed by atoms with E-state index in [1.807, 2.05) is 6.92 Å². The first kappa shape index (κ1) is 13.6. The number of nitrogen functional groups attached to an aromatic ring is 1. The summed E-state index contributed by atoms with van der Waals surface area (Å²) in [6.07, 6.45) is 6.12. The number of rotatable bonds is 4. The van der Waals surface area contributed by atoms with Crippen LogP contribution in [0, 0.1) is 12.3 Å². The van der Waals surface area contributed by atoms with Gasteiger partial charge in [0, 0.05) is 16.7 Å². The van der Waals surface area contributed by atoms with Crippen molar-refractivity contribution in [2.45, 2.75) is 13.3 Å². The normalized spacial score (nSPS) is 9.71. The molecule has 0 radical (unpaired) electrons. The Morgan fingerprint density at radius 2 is 2.29 bits per heavy atom. The van der Waals surface area contributed by atoms with E-state index in [1.165, 1.54) is 0 Å². The molecular formula is C13H15BrN2O. The zero-order valence-electron chi connectivity index (χ0n) is 9.74. The summed E-state index contributed by atoms with van der Waals surface area (Å²) < 4.78 is 0.826. The molecule has 0 spiro atoms. The van der Waals surface area contributed by atoms with Gasteiger partial charge in [-0.2, -0.15) is 0 Å². The number of anilines is 1. The lowest BCUT2D eigenvalue weighted by molar-refractivity contribution is 0.0778. The molecule has 0 unspecified atom stereocenters. The van der Waals surface area contributed by atoms with Crippen molar-refractivity contribution in [2.24, 2.45) is 0 Å². The van der Waals surface area contributed by atoms with Gasteiger partial charge in [0.1, 0.15) is 0 Å². The molecule has 4 heteroatoms. The van der Waals surface area contributed by atoms with Gasteiger partial charge in [-0.15, -0.1) is 6.42 Å². The summed E-state index contributed by atoms with van der Waals surface area (Å²) in [5.41, 5.74) is 6.76. The predicted molar refractivity (Wildman–Crippen MR) is 73.6 cm³/mol. The van der Waals surface area contributed by atoms with E-state index in [9.17, 15) is 4.79 Å². The van der Waals surface area contributed by atoms with E-state index in [-0.39, 0.29) is 5.91 Å². The highest BCUT2D eigenvalue weighted by Crippen LogP contribution is 2.20. The number of hydrogen-bond donors (Lipinski definition) is 1.